The van der Waals surface area contributed by atoms with Crippen molar-refractivity contribution in [3.63, 3.8) is 0 Å². The number of aliphatic hydroxyl groups excluding tert-OH is 1. The normalized spacial score (nSPS) is 33.7. The van der Waals surface area contributed by atoms with E-state index < -0.39 is 0 Å². The molecule has 5 heteroatoms. The highest BCUT2D eigenvalue weighted by molar-refractivity contribution is 5.76. The van der Waals surface area contributed by atoms with Gasteiger partial charge in [-0.2, -0.15) is 0 Å². The fourth-order valence-electron chi connectivity index (χ4n) is 5.33. The second kappa shape index (κ2) is 13.8. The maximum Gasteiger partial charge on any atom is 0.222 e. The van der Waals surface area contributed by atoms with E-state index >= 15 is 0 Å². The monoisotopic (exact) mass is 439 g/mol. The van der Waals surface area contributed by atoms with Gasteiger partial charge in [-0.15, -0.1) is 0 Å². The number of carbonyl (C=O) groups excluding carboxylic acids is 1. The quantitative estimate of drug-likeness (QED) is 0.383. The number of ether oxygens (including phenoxy) is 2. The van der Waals surface area contributed by atoms with Crippen molar-refractivity contribution in [2.45, 2.75) is 130 Å². The molecule has 31 heavy (non-hydrogen) atoms. The SMILES string of the molecule is CCC1OC(OCCCCCCCCCC(=O)N2C[C@@H](O)C[C@H]2CC)C(C)C(C)C1C. The van der Waals surface area contributed by atoms with Gasteiger partial charge in [0, 0.05) is 31.5 Å². The Balaban J connectivity index is 1.47. The number of hydrogen-bond acceptors (Lipinski definition) is 4. The largest absolute Gasteiger partial charge is 0.391 e. The molecule has 5 unspecified atom stereocenters. The summed E-state index contributed by atoms with van der Waals surface area (Å²) in [6, 6.07) is 0.242. The van der Waals surface area contributed by atoms with Crippen molar-refractivity contribution in [3.8, 4) is 0 Å². The van der Waals surface area contributed by atoms with E-state index in [1.807, 2.05) is 4.90 Å². The first-order valence-electron chi connectivity index (χ1n) is 13.1. The minimum Gasteiger partial charge on any atom is -0.391 e. The lowest BCUT2D eigenvalue weighted by Gasteiger charge is -2.43. The predicted molar refractivity (Wildman–Crippen MR) is 126 cm³/mol. The highest BCUT2D eigenvalue weighted by atomic mass is 16.7. The van der Waals surface area contributed by atoms with Gasteiger partial charge < -0.3 is 19.5 Å². The Labute approximate surface area is 191 Å². The minimum atomic E-state index is -0.328. The van der Waals surface area contributed by atoms with E-state index in [2.05, 4.69) is 34.6 Å². The van der Waals surface area contributed by atoms with Crippen molar-refractivity contribution in [1.29, 1.82) is 0 Å². The second-order valence-electron chi connectivity index (χ2n) is 10.1. The summed E-state index contributed by atoms with van der Waals surface area (Å²) in [5.41, 5.74) is 0. The fourth-order valence-corrected chi connectivity index (χ4v) is 5.33. The first kappa shape index (κ1) is 26.6. The van der Waals surface area contributed by atoms with Crippen LogP contribution < -0.4 is 0 Å². The third-order valence-corrected chi connectivity index (χ3v) is 7.89. The van der Waals surface area contributed by atoms with E-state index in [1.165, 1.54) is 25.7 Å². The molecule has 7 atom stereocenters. The molecule has 2 fully saturated rings. The van der Waals surface area contributed by atoms with Gasteiger partial charge in [0.2, 0.25) is 5.91 Å². The number of amides is 1. The van der Waals surface area contributed by atoms with Crippen LogP contribution in [0.1, 0.15) is 105 Å². The molecule has 0 saturated carbocycles. The molecule has 2 heterocycles. The number of likely N-dealkylation sites (tertiary alicyclic amines) is 1. The summed E-state index contributed by atoms with van der Waals surface area (Å²) in [5, 5.41) is 9.80. The lowest BCUT2D eigenvalue weighted by molar-refractivity contribution is -0.248. The number of carbonyl (C=O) groups is 1. The van der Waals surface area contributed by atoms with Crippen molar-refractivity contribution in [2.24, 2.45) is 17.8 Å². The average molecular weight is 440 g/mol. The van der Waals surface area contributed by atoms with Crippen LogP contribution in [0.2, 0.25) is 0 Å². The van der Waals surface area contributed by atoms with Crippen LogP contribution in [0.5, 0.6) is 0 Å². The molecule has 0 spiro atoms. The third-order valence-electron chi connectivity index (χ3n) is 7.89. The van der Waals surface area contributed by atoms with E-state index in [0.29, 0.717) is 36.8 Å². The van der Waals surface area contributed by atoms with Crippen molar-refractivity contribution in [2.75, 3.05) is 13.2 Å². The first-order chi connectivity index (χ1) is 14.9. The number of β-amino-alcohol motifs (C(OH)–C–C–N with tert-alkyl or cyclic N) is 1. The minimum absolute atomic E-state index is 0.0438. The van der Waals surface area contributed by atoms with Crippen molar-refractivity contribution in [1.82, 2.24) is 4.90 Å². The molecule has 0 aromatic heterocycles. The van der Waals surface area contributed by atoms with Gasteiger partial charge in [-0.05, 0) is 43.9 Å². The number of rotatable bonds is 13. The summed E-state index contributed by atoms with van der Waals surface area (Å²) in [4.78, 5) is 14.3. The Morgan fingerprint density at radius 2 is 1.58 bits per heavy atom. The topological polar surface area (TPSA) is 59.0 Å². The van der Waals surface area contributed by atoms with Gasteiger partial charge in [0.05, 0.1) is 12.2 Å². The van der Waals surface area contributed by atoms with Crippen molar-refractivity contribution < 1.29 is 19.4 Å². The summed E-state index contributed by atoms with van der Waals surface area (Å²) in [5.74, 6) is 1.93. The Bertz CT molecular complexity index is 512. The summed E-state index contributed by atoms with van der Waals surface area (Å²) >= 11 is 0. The number of aliphatic hydroxyl groups is 1. The van der Waals surface area contributed by atoms with E-state index in [-0.39, 0.29) is 24.3 Å². The van der Waals surface area contributed by atoms with Crippen LogP contribution in [-0.4, -0.2) is 53.6 Å². The van der Waals surface area contributed by atoms with Crippen LogP contribution in [0.4, 0.5) is 0 Å². The van der Waals surface area contributed by atoms with E-state index in [4.69, 9.17) is 9.47 Å². The van der Waals surface area contributed by atoms with Crippen LogP contribution in [0.15, 0.2) is 0 Å². The Kier molecular flexibility index (Phi) is 11.8. The summed E-state index contributed by atoms with van der Waals surface area (Å²) in [6.07, 6.45) is 11.4. The van der Waals surface area contributed by atoms with Crippen LogP contribution >= 0.6 is 0 Å². The van der Waals surface area contributed by atoms with Crippen molar-refractivity contribution >= 4 is 5.91 Å². The second-order valence-corrected chi connectivity index (χ2v) is 10.1. The van der Waals surface area contributed by atoms with Gasteiger partial charge in [-0.1, -0.05) is 66.7 Å². The van der Waals surface area contributed by atoms with Gasteiger partial charge in [0.1, 0.15) is 0 Å². The predicted octanol–water partition coefficient (Wildman–Crippen LogP) is 5.54. The smallest absolute Gasteiger partial charge is 0.222 e. The van der Waals surface area contributed by atoms with Gasteiger partial charge in [-0.3, -0.25) is 4.79 Å². The highest BCUT2D eigenvalue weighted by Crippen LogP contribution is 2.36. The molecule has 0 radical (unpaired) electrons. The molecule has 1 N–H and O–H groups in total. The van der Waals surface area contributed by atoms with E-state index in [1.54, 1.807) is 0 Å². The van der Waals surface area contributed by atoms with Gasteiger partial charge in [0.25, 0.3) is 0 Å². The Hall–Kier alpha value is -0.650. The number of unbranched alkanes of at least 4 members (excludes halogenated alkanes) is 6. The molecule has 1 amide bonds. The van der Waals surface area contributed by atoms with Crippen LogP contribution in [-0.2, 0) is 14.3 Å². The molecule has 2 rings (SSSR count). The average Bonchev–Trinajstić information content (AvgIpc) is 3.15. The van der Waals surface area contributed by atoms with Gasteiger partial charge in [-0.25, -0.2) is 0 Å². The number of hydrogen-bond donors (Lipinski definition) is 1. The molecule has 0 aromatic carbocycles. The number of nitrogens with zero attached hydrogens (tertiary/aromatic N) is 1. The van der Waals surface area contributed by atoms with Crippen LogP contribution in [0.25, 0.3) is 0 Å². The standard InChI is InChI=1S/C26H49NO4/c1-6-22-17-23(28)18-27(22)25(29)15-13-11-9-8-10-12-14-16-30-26-21(5)19(3)20(4)24(7-2)31-26/h19-24,26,28H,6-18H2,1-5H3/t19?,20?,21?,22-,23+,24?,26?/m1/s1. The summed E-state index contributed by atoms with van der Waals surface area (Å²) in [7, 11) is 0. The molecule has 0 bridgehead atoms. The van der Waals surface area contributed by atoms with Gasteiger partial charge >= 0.3 is 0 Å². The molecule has 0 aromatic rings. The maximum atomic E-state index is 12.4. The van der Waals surface area contributed by atoms with E-state index in [9.17, 15) is 9.90 Å². The lowest BCUT2D eigenvalue weighted by atomic mass is 9.78. The summed E-state index contributed by atoms with van der Waals surface area (Å²) < 4.78 is 12.3. The molecule has 5 nitrogen and oxygen atoms in total. The molecule has 2 aliphatic heterocycles. The molecular weight excluding hydrogens is 390 g/mol. The maximum absolute atomic E-state index is 12.4. The fraction of sp³-hybridized carbons (Fsp3) is 0.962. The van der Waals surface area contributed by atoms with Crippen LogP contribution in [0.3, 0.4) is 0 Å². The zero-order chi connectivity index (χ0) is 22.8. The molecule has 0 aliphatic carbocycles. The zero-order valence-corrected chi connectivity index (χ0v) is 20.9. The Morgan fingerprint density at radius 1 is 0.935 bits per heavy atom. The summed E-state index contributed by atoms with van der Waals surface area (Å²) in [6.45, 7) is 12.5. The zero-order valence-electron chi connectivity index (χ0n) is 20.9. The van der Waals surface area contributed by atoms with Crippen LogP contribution in [0, 0.1) is 17.8 Å². The third kappa shape index (κ3) is 8.01. The van der Waals surface area contributed by atoms with Crippen molar-refractivity contribution in [3.05, 3.63) is 0 Å². The lowest BCUT2D eigenvalue weighted by Crippen LogP contribution is -2.45. The first-order valence-corrected chi connectivity index (χ1v) is 13.1. The molecule has 2 aliphatic rings. The van der Waals surface area contributed by atoms with Gasteiger partial charge in [0.15, 0.2) is 6.29 Å². The molecule has 182 valence electrons. The Morgan fingerprint density at radius 3 is 2.23 bits per heavy atom. The van der Waals surface area contributed by atoms with E-state index in [0.717, 1.165) is 45.1 Å². The molecule has 2 saturated heterocycles. The molecular formula is C26H49NO4. The highest BCUT2D eigenvalue weighted by Gasteiger charge is 2.38.